The van der Waals surface area contributed by atoms with Crippen molar-refractivity contribution in [2.45, 2.75) is 91.5 Å². The summed E-state index contributed by atoms with van der Waals surface area (Å²) in [4.78, 5) is 39.1. The van der Waals surface area contributed by atoms with Gasteiger partial charge in [0.2, 0.25) is 0 Å². The normalized spacial score (nSPS) is 38.4. The summed E-state index contributed by atoms with van der Waals surface area (Å²) in [6, 6.07) is 0. The van der Waals surface area contributed by atoms with Crippen molar-refractivity contribution < 1.29 is 34.1 Å². The van der Waals surface area contributed by atoms with Crippen molar-refractivity contribution in [1.29, 1.82) is 0 Å². The molecular weight excluding hydrogens is 496 g/mol. The predicted molar refractivity (Wildman–Crippen MR) is 147 cm³/mol. The number of hydrogen-bond donors (Lipinski definition) is 2. The predicted octanol–water partition coefficient (Wildman–Crippen LogP) is 4.63. The van der Waals surface area contributed by atoms with Crippen LogP contribution in [0.5, 0.6) is 0 Å². The Labute approximate surface area is 232 Å². The van der Waals surface area contributed by atoms with Crippen molar-refractivity contribution in [3.05, 3.63) is 47.6 Å². The van der Waals surface area contributed by atoms with Crippen molar-refractivity contribution in [3.8, 4) is 0 Å². The highest BCUT2D eigenvalue weighted by Gasteiger charge is 2.76. The molecule has 4 rings (SSSR count). The topological polar surface area (TPSA) is 110 Å². The number of Topliss-reactive ketones (excluding diaryl/α,β-unsaturated/α-hetero) is 1. The highest BCUT2D eigenvalue weighted by atomic mass is 16.6. The van der Waals surface area contributed by atoms with Crippen LogP contribution in [0.4, 0.5) is 0 Å². The Balaban J connectivity index is 1.69. The molecule has 0 heterocycles. The largest absolute Gasteiger partial charge is 0.461 e. The van der Waals surface area contributed by atoms with E-state index in [1.807, 2.05) is 13.0 Å². The monoisotopic (exact) mass is 540 g/mol. The summed E-state index contributed by atoms with van der Waals surface area (Å²) in [5.74, 6) is -1.92. The number of carbonyl (C=O) groups is 3. The van der Waals surface area contributed by atoms with E-state index in [9.17, 15) is 24.6 Å². The summed E-state index contributed by atoms with van der Waals surface area (Å²) in [6.07, 6.45) is 12.3. The molecule has 214 valence electrons. The molecule has 2 bridgehead atoms. The number of ether oxygens (including phenoxy) is 2. The van der Waals surface area contributed by atoms with Crippen molar-refractivity contribution in [3.63, 3.8) is 0 Å². The number of ketones is 1. The van der Waals surface area contributed by atoms with E-state index in [-0.39, 0.29) is 41.1 Å². The van der Waals surface area contributed by atoms with E-state index >= 15 is 0 Å². The maximum Gasteiger partial charge on any atom is 0.331 e. The van der Waals surface area contributed by atoms with Crippen molar-refractivity contribution >= 4 is 17.7 Å². The maximum atomic E-state index is 14.5. The first-order valence-corrected chi connectivity index (χ1v) is 14.4. The van der Waals surface area contributed by atoms with Gasteiger partial charge in [0.05, 0.1) is 5.41 Å². The minimum atomic E-state index is -2.14. The van der Waals surface area contributed by atoms with Gasteiger partial charge in [-0.1, -0.05) is 70.9 Å². The Morgan fingerprint density at radius 3 is 2.59 bits per heavy atom. The van der Waals surface area contributed by atoms with E-state index in [0.717, 1.165) is 25.7 Å². The van der Waals surface area contributed by atoms with Crippen LogP contribution in [0.1, 0.15) is 73.6 Å². The molecule has 4 aliphatic carbocycles. The Bertz CT molecular complexity index is 1130. The van der Waals surface area contributed by atoms with E-state index in [1.165, 1.54) is 13.0 Å². The van der Waals surface area contributed by atoms with Gasteiger partial charge in [-0.25, -0.2) is 4.79 Å². The number of hydrogen-bond acceptors (Lipinski definition) is 7. The third-order valence-corrected chi connectivity index (χ3v) is 9.84. The molecule has 0 aromatic carbocycles. The molecule has 8 atom stereocenters. The fourth-order valence-corrected chi connectivity index (χ4v) is 7.74. The fourth-order valence-electron chi connectivity index (χ4n) is 7.74. The first kappa shape index (κ1) is 29.5. The molecule has 4 aliphatic rings. The van der Waals surface area contributed by atoms with E-state index in [2.05, 4.69) is 20.8 Å². The Kier molecular flexibility index (Phi) is 8.17. The first-order valence-electron chi connectivity index (χ1n) is 14.4. The molecule has 8 unspecified atom stereocenters. The zero-order chi connectivity index (χ0) is 28.8. The molecule has 0 radical (unpaired) electrons. The SMILES string of the molecule is CCCCCC=C/C=C/C(=O)OC1C(C)=CC23C(=O)C(C=C(COC(C)=O)C(O)C12O)C1C(CC3C)C1(C)C. The minimum Gasteiger partial charge on any atom is -0.461 e. The second-order valence-corrected chi connectivity index (χ2v) is 12.6. The minimum absolute atomic E-state index is 0.0519. The van der Waals surface area contributed by atoms with Gasteiger partial charge in [-0.15, -0.1) is 0 Å². The Hall–Kier alpha value is -2.51. The van der Waals surface area contributed by atoms with Crippen LogP contribution in [-0.4, -0.2) is 52.4 Å². The van der Waals surface area contributed by atoms with Gasteiger partial charge in [-0.05, 0) is 60.5 Å². The van der Waals surface area contributed by atoms with Crippen LogP contribution in [0.15, 0.2) is 47.6 Å². The summed E-state index contributed by atoms with van der Waals surface area (Å²) >= 11 is 0. The Morgan fingerprint density at radius 2 is 1.92 bits per heavy atom. The third-order valence-electron chi connectivity index (χ3n) is 9.84. The van der Waals surface area contributed by atoms with Gasteiger partial charge in [0, 0.05) is 18.9 Å². The summed E-state index contributed by atoms with van der Waals surface area (Å²) < 4.78 is 11.1. The van der Waals surface area contributed by atoms with Crippen LogP contribution in [0, 0.1) is 34.5 Å². The molecular formula is C32H44O7. The standard InChI is InChI=1S/C32H44O7/c1-7-8-9-10-11-12-13-14-25(34)39-29-19(2)17-31-20(3)15-24-26(30(24,5)6)23(28(31)36)16-22(18-38-21(4)33)27(35)32(29,31)37/h11-14,16-17,20,23-24,26-27,29,35,37H,7-10,15,18H2,1-6H3/b12-11?,14-13+. The van der Waals surface area contributed by atoms with Gasteiger partial charge in [-0.2, -0.15) is 0 Å². The molecule has 1 spiro atoms. The number of allylic oxidation sites excluding steroid dienone is 4. The third kappa shape index (κ3) is 4.76. The maximum absolute atomic E-state index is 14.5. The molecule has 0 amide bonds. The lowest BCUT2D eigenvalue weighted by Gasteiger charge is -2.48. The Morgan fingerprint density at radius 1 is 1.21 bits per heavy atom. The highest BCUT2D eigenvalue weighted by Crippen LogP contribution is 2.71. The molecule has 2 saturated carbocycles. The van der Waals surface area contributed by atoms with E-state index < -0.39 is 41.1 Å². The average molecular weight is 541 g/mol. The molecule has 39 heavy (non-hydrogen) atoms. The number of aliphatic hydroxyl groups excluding tert-OH is 1. The van der Waals surface area contributed by atoms with Crippen LogP contribution in [0.25, 0.3) is 0 Å². The first-order chi connectivity index (χ1) is 18.3. The molecule has 0 aliphatic heterocycles. The van der Waals surface area contributed by atoms with E-state index in [4.69, 9.17) is 9.47 Å². The van der Waals surface area contributed by atoms with Gasteiger partial charge in [0.15, 0.2) is 17.5 Å². The number of esters is 2. The van der Waals surface area contributed by atoms with Crippen LogP contribution in [0.2, 0.25) is 0 Å². The summed E-state index contributed by atoms with van der Waals surface area (Å²) in [7, 11) is 0. The van der Waals surface area contributed by atoms with Crippen LogP contribution in [-0.2, 0) is 23.9 Å². The van der Waals surface area contributed by atoms with Gasteiger partial charge in [0.25, 0.3) is 0 Å². The number of carbonyl (C=O) groups excluding carboxylic acids is 3. The number of rotatable bonds is 9. The number of aliphatic hydroxyl groups is 2. The van der Waals surface area contributed by atoms with Crippen LogP contribution in [0.3, 0.4) is 0 Å². The number of unbranched alkanes of at least 4 members (excludes halogenated alkanes) is 3. The molecule has 0 saturated heterocycles. The van der Waals surface area contributed by atoms with Crippen LogP contribution < -0.4 is 0 Å². The second-order valence-electron chi connectivity index (χ2n) is 12.6. The van der Waals surface area contributed by atoms with Gasteiger partial charge < -0.3 is 19.7 Å². The summed E-state index contributed by atoms with van der Waals surface area (Å²) in [5.41, 5.74) is -2.87. The van der Waals surface area contributed by atoms with Crippen molar-refractivity contribution in [2.24, 2.45) is 34.5 Å². The molecule has 0 aromatic rings. The lowest BCUT2D eigenvalue weighted by molar-refractivity contribution is -0.201. The average Bonchev–Trinajstić information content (AvgIpc) is 3.36. The molecule has 2 N–H and O–H groups in total. The summed E-state index contributed by atoms with van der Waals surface area (Å²) in [5, 5.41) is 24.3. The van der Waals surface area contributed by atoms with Gasteiger partial charge in [-0.3, -0.25) is 9.59 Å². The molecule has 7 nitrogen and oxygen atoms in total. The molecule has 2 fully saturated rings. The van der Waals surface area contributed by atoms with E-state index in [0.29, 0.717) is 12.0 Å². The highest BCUT2D eigenvalue weighted by molar-refractivity contribution is 5.95. The summed E-state index contributed by atoms with van der Waals surface area (Å²) in [6.45, 7) is 11.1. The lowest BCUT2D eigenvalue weighted by atomic mass is 9.59. The van der Waals surface area contributed by atoms with Crippen molar-refractivity contribution in [1.82, 2.24) is 0 Å². The zero-order valence-electron chi connectivity index (χ0n) is 24.1. The lowest BCUT2D eigenvalue weighted by Crippen LogP contribution is -2.65. The smallest absolute Gasteiger partial charge is 0.331 e. The van der Waals surface area contributed by atoms with Crippen molar-refractivity contribution in [2.75, 3.05) is 6.61 Å². The molecule has 7 heteroatoms. The quantitative estimate of drug-likeness (QED) is 0.144. The fraction of sp³-hybridized carbons (Fsp3) is 0.656. The zero-order valence-corrected chi connectivity index (χ0v) is 24.1. The van der Waals surface area contributed by atoms with Crippen LogP contribution >= 0.6 is 0 Å². The van der Waals surface area contributed by atoms with Gasteiger partial charge >= 0.3 is 11.9 Å². The van der Waals surface area contributed by atoms with E-state index in [1.54, 1.807) is 31.2 Å². The number of fused-ring (bicyclic) bond motifs is 3. The second kappa shape index (κ2) is 10.8. The van der Waals surface area contributed by atoms with Gasteiger partial charge in [0.1, 0.15) is 12.7 Å². The molecule has 0 aromatic heterocycles.